The van der Waals surface area contributed by atoms with E-state index in [0.717, 1.165) is 42.9 Å². The maximum absolute atomic E-state index is 11.9. The van der Waals surface area contributed by atoms with Gasteiger partial charge in [0.05, 0.1) is 17.1 Å². The highest BCUT2D eigenvalue weighted by Crippen LogP contribution is 2.23. The Morgan fingerprint density at radius 1 is 1.36 bits per heavy atom. The van der Waals surface area contributed by atoms with Crippen molar-refractivity contribution in [3.05, 3.63) is 24.3 Å². The van der Waals surface area contributed by atoms with Crippen molar-refractivity contribution in [3.63, 3.8) is 0 Å². The molecule has 1 aromatic heterocycles. The van der Waals surface area contributed by atoms with Crippen molar-refractivity contribution >= 4 is 22.9 Å². The SMILES string of the molecule is C[C@@H]1O[C@H]1C(=O)NC1CCN(c2nc3ccccc3[nH]2)CC1. The Bertz CT molecular complexity index is 657. The number of hydrogen-bond donors (Lipinski definition) is 2. The third-order valence-corrected chi connectivity index (χ3v) is 4.49. The number of anilines is 1. The second kappa shape index (κ2) is 5.28. The van der Waals surface area contributed by atoms with E-state index in [-0.39, 0.29) is 24.2 Å². The van der Waals surface area contributed by atoms with Gasteiger partial charge in [-0.15, -0.1) is 0 Å². The quantitative estimate of drug-likeness (QED) is 0.841. The summed E-state index contributed by atoms with van der Waals surface area (Å²) in [5.74, 6) is 0.958. The fourth-order valence-corrected chi connectivity index (χ4v) is 3.07. The van der Waals surface area contributed by atoms with Crippen LogP contribution in [0.3, 0.4) is 0 Å². The minimum Gasteiger partial charge on any atom is -0.359 e. The number of fused-ring (bicyclic) bond motifs is 1. The van der Waals surface area contributed by atoms with Gasteiger partial charge < -0.3 is 19.9 Å². The molecule has 116 valence electrons. The van der Waals surface area contributed by atoms with Gasteiger partial charge in [-0.05, 0) is 31.9 Å². The van der Waals surface area contributed by atoms with Crippen molar-refractivity contribution in [2.75, 3.05) is 18.0 Å². The topological polar surface area (TPSA) is 73.6 Å². The second-order valence-corrected chi connectivity index (χ2v) is 6.11. The fraction of sp³-hybridized carbons (Fsp3) is 0.500. The first kappa shape index (κ1) is 13.6. The largest absolute Gasteiger partial charge is 0.359 e. The van der Waals surface area contributed by atoms with Crippen LogP contribution in [0.4, 0.5) is 5.95 Å². The van der Waals surface area contributed by atoms with Gasteiger partial charge >= 0.3 is 0 Å². The van der Waals surface area contributed by atoms with Gasteiger partial charge in [0.15, 0.2) is 6.10 Å². The number of rotatable bonds is 3. The van der Waals surface area contributed by atoms with Gasteiger partial charge in [0.1, 0.15) is 0 Å². The molecule has 2 saturated heterocycles. The lowest BCUT2D eigenvalue weighted by atomic mass is 10.1. The van der Waals surface area contributed by atoms with Crippen LogP contribution in [0.15, 0.2) is 24.3 Å². The number of nitrogens with one attached hydrogen (secondary N) is 2. The number of para-hydroxylation sites is 2. The van der Waals surface area contributed by atoms with Crippen molar-refractivity contribution in [1.29, 1.82) is 0 Å². The lowest BCUT2D eigenvalue weighted by Gasteiger charge is -2.32. The third-order valence-electron chi connectivity index (χ3n) is 4.49. The van der Waals surface area contributed by atoms with Crippen LogP contribution in [0.5, 0.6) is 0 Å². The number of imidazole rings is 1. The molecule has 4 rings (SSSR count). The number of carbonyl (C=O) groups excluding carboxylic acids is 1. The molecular weight excluding hydrogens is 280 g/mol. The number of carbonyl (C=O) groups is 1. The average molecular weight is 300 g/mol. The van der Waals surface area contributed by atoms with Crippen LogP contribution in [-0.4, -0.2) is 47.2 Å². The predicted octanol–water partition coefficient (Wildman–Crippen LogP) is 1.44. The number of H-pyrrole nitrogens is 1. The first-order valence-corrected chi connectivity index (χ1v) is 7.86. The Morgan fingerprint density at radius 2 is 2.09 bits per heavy atom. The second-order valence-electron chi connectivity index (χ2n) is 6.11. The van der Waals surface area contributed by atoms with Crippen molar-refractivity contribution in [2.24, 2.45) is 0 Å². The molecule has 2 N–H and O–H groups in total. The molecule has 0 radical (unpaired) electrons. The molecule has 0 bridgehead atoms. The molecule has 6 heteroatoms. The Morgan fingerprint density at radius 3 is 2.77 bits per heavy atom. The van der Waals surface area contributed by atoms with Gasteiger partial charge in [-0.3, -0.25) is 4.79 Å². The summed E-state index contributed by atoms with van der Waals surface area (Å²) >= 11 is 0. The maximum atomic E-state index is 11.9. The van der Waals surface area contributed by atoms with E-state index in [1.807, 2.05) is 31.2 Å². The van der Waals surface area contributed by atoms with Crippen LogP contribution in [-0.2, 0) is 9.53 Å². The summed E-state index contributed by atoms with van der Waals surface area (Å²) in [5, 5.41) is 3.09. The molecule has 22 heavy (non-hydrogen) atoms. The van der Waals surface area contributed by atoms with Gasteiger partial charge in [0.2, 0.25) is 5.95 Å². The molecular formula is C16H20N4O2. The number of nitrogens with zero attached hydrogens (tertiary/aromatic N) is 2. The lowest BCUT2D eigenvalue weighted by Crippen LogP contribution is -2.46. The van der Waals surface area contributed by atoms with Crippen LogP contribution in [0.1, 0.15) is 19.8 Å². The summed E-state index contributed by atoms with van der Waals surface area (Å²) in [6, 6.07) is 8.29. The Kier molecular flexibility index (Phi) is 3.26. The average Bonchev–Trinajstić information content (AvgIpc) is 3.11. The van der Waals surface area contributed by atoms with Gasteiger partial charge in [-0.2, -0.15) is 0 Å². The smallest absolute Gasteiger partial charge is 0.252 e. The molecule has 1 amide bonds. The number of amides is 1. The van der Waals surface area contributed by atoms with Crippen molar-refractivity contribution in [1.82, 2.24) is 15.3 Å². The summed E-state index contributed by atoms with van der Waals surface area (Å²) in [6.07, 6.45) is 1.72. The van der Waals surface area contributed by atoms with E-state index in [9.17, 15) is 4.79 Å². The monoisotopic (exact) mass is 300 g/mol. The Hall–Kier alpha value is -2.08. The number of epoxide rings is 1. The third kappa shape index (κ3) is 2.54. The van der Waals surface area contributed by atoms with Crippen molar-refractivity contribution < 1.29 is 9.53 Å². The van der Waals surface area contributed by atoms with Gasteiger partial charge in [0.25, 0.3) is 5.91 Å². The van der Waals surface area contributed by atoms with Crippen molar-refractivity contribution in [2.45, 2.75) is 38.0 Å². The molecule has 0 aliphatic carbocycles. The molecule has 0 spiro atoms. The van der Waals surface area contributed by atoms with Gasteiger partial charge in [-0.1, -0.05) is 12.1 Å². The maximum Gasteiger partial charge on any atom is 0.252 e. The lowest BCUT2D eigenvalue weighted by molar-refractivity contribution is -0.123. The van der Waals surface area contributed by atoms with Crippen LogP contribution in [0, 0.1) is 0 Å². The first-order valence-electron chi connectivity index (χ1n) is 7.86. The zero-order valence-electron chi connectivity index (χ0n) is 12.6. The van der Waals surface area contributed by atoms with E-state index in [4.69, 9.17) is 4.74 Å². The number of piperidine rings is 1. The predicted molar refractivity (Wildman–Crippen MR) is 83.8 cm³/mol. The molecule has 0 saturated carbocycles. The molecule has 6 nitrogen and oxygen atoms in total. The summed E-state index contributed by atoms with van der Waals surface area (Å²) in [7, 11) is 0. The highest BCUT2D eigenvalue weighted by Gasteiger charge is 2.41. The molecule has 0 unspecified atom stereocenters. The number of aromatic amines is 1. The minimum absolute atomic E-state index is 0.0367. The number of hydrogen-bond acceptors (Lipinski definition) is 4. The zero-order valence-corrected chi connectivity index (χ0v) is 12.6. The van der Waals surface area contributed by atoms with Crippen LogP contribution in [0.25, 0.3) is 11.0 Å². The van der Waals surface area contributed by atoms with Crippen LogP contribution in [0.2, 0.25) is 0 Å². The van der Waals surface area contributed by atoms with E-state index in [0.29, 0.717) is 0 Å². The molecule has 2 aromatic rings. The zero-order chi connectivity index (χ0) is 15.1. The highest BCUT2D eigenvalue weighted by atomic mass is 16.6. The minimum atomic E-state index is -0.228. The molecule has 2 atom stereocenters. The normalized spacial score (nSPS) is 25.4. The number of aromatic nitrogens is 2. The molecule has 2 aliphatic rings. The molecule has 1 aromatic carbocycles. The highest BCUT2D eigenvalue weighted by molar-refractivity contribution is 5.83. The van der Waals surface area contributed by atoms with Crippen LogP contribution < -0.4 is 10.2 Å². The first-order chi connectivity index (χ1) is 10.7. The van der Waals surface area contributed by atoms with E-state index >= 15 is 0 Å². The van der Waals surface area contributed by atoms with Gasteiger partial charge in [-0.25, -0.2) is 4.98 Å². The summed E-state index contributed by atoms with van der Waals surface area (Å²) in [5.41, 5.74) is 2.06. The fourth-order valence-electron chi connectivity index (χ4n) is 3.07. The van der Waals surface area contributed by atoms with E-state index in [1.165, 1.54) is 0 Å². The molecule has 3 heterocycles. The molecule has 2 aliphatic heterocycles. The van der Waals surface area contributed by atoms with E-state index in [1.54, 1.807) is 0 Å². The Balaban J connectivity index is 1.36. The number of benzene rings is 1. The standard InChI is InChI=1S/C16H20N4O2/c1-10-14(22-10)15(21)17-11-6-8-20(9-7-11)16-18-12-4-2-3-5-13(12)19-16/h2-5,10-11,14H,6-9H2,1H3,(H,17,21)(H,18,19)/t10-,14+/m0/s1. The molecule has 2 fully saturated rings. The van der Waals surface area contributed by atoms with E-state index in [2.05, 4.69) is 20.2 Å². The summed E-state index contributed by atoms with van der Waals surface area (Å²) in [4.78, 5) is 22.1. The van der Waals surface area contributed by atoms with Crippen molar-refractivity contribution in [3.8, 4) is 0 Å². The van der Waals surface area contributed by atoms with Gasteiger partial charge in [0, 0.05) is 19.1 Å². The summed E-state index contributed by atoms with van der Waals surface area (Å²) in [6.45, 7) is 3.71. The van der Waals surface area contributed by atoms with Crippen LogP contribution >= 0.6 is 0 Å². The van der Waals surface area contributed by atoms with E-state index < -0.39 is 0 Å². The number of ether oxygens (including phenoxy) is 1. The summed E-state index contributed by atoms with van der Waals surface area (Å²) < 4.78 is 5.21. The Labute approximate surface area is 128 Å².